The zero-order valence-electron chi connectivity index (χ0n) is 11.5. The molecule has 0 aromatic carbocycles. The second kappa shape index (κ2) is 3.95. The molecule has 104 valence electrons. The van der Waals surface area contributed by atoms with Crippen molar-refractivity contribution in [3.63, 3.8) is 0 Å². The van der Waals surface area contributed by atoms with E-state index in [4.69, 9.17) is 9.26 Å². The minimum Gasteiger partial charge on any atom is -0.444 e. The summed E-state index contributed by atoms with van der Waals surface area (Å²) in [6.07, 6.45) is 3.46. The van der Waals surface area contributed by atoms with E-state index in [1.165, 1.54) is 0 Å². The number of hydrogen-bond acceptors (Lipinski definition) is 5. The molecule has 0 spiro atoms. The van der Waals surface area contributed by atoms with Crippen LogP contribution in [0.25, 0.3) is 0 Å². The van der Waals surface area contributed by atoms with E-state index < -0.39 is 17.2 Å². The highest BCUT2D eigenvalue weighted by Gasteiger charge is 2.52. The number of nitrogens with one attached hydrogen (secondary N) is 1. The lowest BCUT2D eigenvalue weighted by Gasteiger charge is -2.21. The number of hydrogen-bond donors (Lipinski definition) is 1. The lowest BCUT2D eigenvalue weighted by molar-refractivity contribution is 0.0483. The van der Waals surface area contributed by atoms with Gasteiger partial charge in [0.15, 0.2) is 5.82 Å². The van der Waals surface area contributed by atoms with Crippen molar-refractivity contribution in [3.8, 4) is 0 Å². The van der Waals surface area contributed by atoms with Crippen LogP contribution >= 0.6 is 0 Å². The highest BCUT2D eigenvalue weighted by molar-refractivity contribution is 5.69. The Labute approximate surface area is 111 Å². The van der Waals surface area contributed by atoms with E-state index >= 15 is 0 Å². The van der Waals surface area contributed by atoms with Crippen LogP contribution in [-0.2, 0) is 10.3 Å². The monoisotopic (exact) mass is 265 g/mol. The first-order chi connectivity index (χ1) is 8.88. The van der Waals surface area contributed by atoms with Crippen LogP contribution in [0.2, 0.25) is 0 Å². The highest BCUT2D eigenvalue weighted by Crippen LogP contribution is 2.46. The van der Waals surface area contributed by atoms with Crippen LogP contribution < -0.4 is 5.32 Å². The number of amides is 1. The van der Waals surface area contributed by atoms with Gasteiger partial charge in [0.1, 0.15) is 11.1 Å². The topological polar surface area (TPSA) is 77.2 Å². The van der Waals surface area contributed by atoms with Crippen LogP contribution in [0, 0.1) is 0 Å². The largest absolute Gasteiger partial charge is 0.444 e. The summed E-state index contributed by atoms with van der Waals surface area (Å²) in [5.41, 5.74) is -1.00. The molecule has 1 aromatic rings. The summed E-state index contributed by atoms with van der Waals surface area (Å²) in [6.45, 7) is 5.51. The molecule has 1 amide bonds. The summed E-state index contributed by atoms with van der Waals surface area (Å²) in [5, 5.41) is 6.84. The van der Waals surface area contributed by atoms with Gasteiger partial charge in [-0.25, -0.2) is 4.79 Å². The third-order valence-electron chi connectivity index (χ3n) is 3.28. The van der Waals surface area contributed by atoms with Crippen LogP contribution in [0.4, 0.5) is 4.79 Å². The van der Waals surface area contributed by atoms with Crippen molar-refractivity contribution in [1.29, 1.82) is 0 Å². The van der Waals surface area contributed by atoms with Gasteiger partial charge in [0.25, 0.3) is 5.89 Å². The lowest BCUT2D eigenvalue weighted by atomic mass is 10.2. The van der Waals surface area contributed by atoms with E-state index in [9.17, 15) is 4.79 Å². The third-order valence-corrected chi connectivity index (χ3v) is 3.28. The number of aromatic nitrogens is 2. The third kappa shape index (κ3) is 2.72. The summed E-state index contributed by atoms with van der Waals surface area (Å²) in [7, 11) is 0. The lowest BCUT2D eigenvalue weighted by Crippen LogP contribution is -2.39. The van der Waals surface area contributed by atoms with Gasteiger partial charge in [0.2, 0.25) is 0 Å². The molecule has 2 saturated carbocycles. The smallest absolute Gasteiger partial charge is 0.408 e. The molecule has 6 heteroatoms. The first kappa shape index (κ1) is 12.4. The number of nitrogens with zero attached hydrogens (tertiary/aromatic N) is 2. The maximum absolute atomic E-state index is 11.8. The second-order valence-corrected chi connectivity index (χ2v) is 6.44. The molecular formula is C13H19N3O3. The molecule has 0 unspecified atom stereocenters. The molecule has 3 rings (SSSR count). The molecule has 1 N–H and O–H groups in total. The van der Waals surface area contributed by atoms with Crippen molar-refractivity contribution in [1.82, 2.24) is 15.5 Å². The van der Waals surface area contributed by atoms with Gasteiger partial charge in [-0.3, -0.25) is 0 Å². The van der Waals surface area contributed by atoms with Crippen molar-refractivity contribution in [2.24, 2.45) is 0 Å². The van der Waals surface area contributed by atoms with Crippen LogP contribution in [0.5, 0.6) is 0 Å². The van der Waals surface area contributed by atoms with Gasteiger partial charge in [0.05, 0.1) is 0 Å². The van der Waals surface area contributed by atoms with Crippen molar-refractivity contribution >= 4 is 6.09 Å². The fourth-order valence-electron chi connectivity index (χ4n) is 1.95. The second-order valence-electron chi connectivity index (χ2n) is 6.44. The Morgan fingerprint density at radius 2 is 2.11 bits per heavy atom. The molecular weight excluding hydrogens is 246 g/mol. The molecule has 0 aliphatic heterocycles. The average Bonchev–Trinajstić information content (AvgIpc) is 3.19. The zero-order valence-corrected chi connectivity index (χ0v) is 11.5. The molecule has 0 atom stereocenters. The Hall–Kier alpha value is -1.59. The van der Waals surface area contributed by atoms with E-state index in [-0.39, 0.29) is 0 Å². The summed E-state index contributed by atoms with van der Waals surface area (Å²) < 4.78 is 10.6. The number of alkyl carbamates (subject to hydrolysis) is 1. The standard InChI is InChI=1S/C13H19N3O3/c1-12(2,3)18-11(17)15-13(6-7-13)10-14-9(16-19-10)8-4-5-8/h8H,4-7H2,1-3H3,(H,15,17). The average molecular weight is 265 g/mol. The van der Waals surface area contributed by atoms with Gasteiger partial charge < -0.3 is 14.6 Å². The van der Waals surface area contributed by atoms with Crippen LogP contribution in [0.15, 0.2) is 4.52 Å². The number of ether oxygens (including phenoxy) is 1. The quantitative estimate of drug-likeness (QED) is 0.908. The predicted molar refractivity (Wildman–Crippen MR) is 66.6 cm³/mol. The summed E-state index contributed by atoms with van der Waals surface area (Å²) in [4.78, 5) is 16.2. The van der Waals surface area contributed by atoms with Crippen LogP contribution in [-0.4, -0.2) is 21.8 Å². The molecule has 19 heavy (non-hydrogen) atoms. The van der Waals surface area contributed by atoms with Gasteiger partial charge in [-0.2, -0.15) is 4.98 Å². The molecule has 6 nitrogen and oxygen atoms in total. The number of carbonyl (C=O) groups is 1. The summed E-state index contributed by atoms with van der Waals surface area (Å²) in [5.74, 6) is 1.74. The molecule has 0 radical (unpaired) electrons. The number of rotatable bonds is 3. The fraction of sp³-hybridized carbons (Fsp3) is 0.769. The van der Waals surface area contributed by atoms with E-state index in [1.807, 2.05) is 20.8 Å². The first-order valence-corrected chi connectivity index (χ1v) is 6.73. The Balaban J connectivity index is 1.67. The molecule has 2 fully saturated rings. The van der Waals surface area contributed by atoms with Crippen LogP contribution in [0.1, 0.15) is 64.1 Å². The van der Waals surface area contributed by atoms with E-state index in [0.717, 1.165) is 31.5 Å². The molecule has 2 aliphatic carbocycles. The van der Waals surface area contributed by atoms with Crippen molar-refractivity contribution in [2.45, 2.75) is 63.5 Å². The van der Waals surface area contributed by atoms with E-state index in [1.54, 1.807) is 0 Å². The van der Waals surface area contributed by atoms with Gasteiger partial charge in [-0.05, 0) is 46.5 Å². The zero-order chi connectivity index (χ0) is 13.7. The van der Waals surface area contributed by atoms with Gasteiger partial charge in [0, 0.05) is 5.92 Å². The van der Waals surface area contributed by atoms with Gasteiger partial charge in [-0.15, -0.1) is 0 Å². The minimum absolute atomic E-state index is 0.434. The Bertz CT molecular complexity index is 495. The normalized spacial score (nSPS) is 21.0. The van der Waals surface area contributed by atoms with Crippen molar-refractivity contribution < 1.29 is 14.1 Å². The molecule has 0 bridgehead atoms. The first-order valence-electron chi connectivity index (χ1n) is 6.73. The molecule has 0 saturated heterocycles. The van der Waals surface area contributed by atoms with Gasteiger partial charge >= 0.3 is 6.09 Å². The summed E-state index contributed by atoms with van der Waals surface area (Å²) in [6, 6.07) is 0. The molecule has 2 aliphatic rings. The van der Waals surface area contributed by atoms with E-state index in [2.05, 4.69) is 15.5 Å². The molecule has 1 heterocycles. The maximum Gasteiger partial charge on any atom is 0.408 e. The highest BCUT2D eigenvalue weighted by atomic mass is 16.6. The Kier molecular flexibility index (Phi) is 2.59. The van der Waals surface area contributed by atoms with Gasteiger partial charge in [-0.1, -0.05) is 5.16 Å². The van der Waals surface area contributed by atoms with Crippen LogP contribution in [0.3, 0.4) is 0 Å². The SMILES string of the molecule is CC(C)(C)OC(=O)NC1(c2nc(C3CC3)no2)CC1. The maximum atomic E-state index is 11.8. The van der Waals surface area contributed by atoms with E-state index in [0.29, 0.717) is 11.8 Å². The number of carbonyl (C=O) groups excluding carboxylic acids is 1. The van der Waals surface area contributed by atoms with Crippen molar-refractivity contribution in [3.05, 3.63) is 11.7 Å². The molecule has 1 aromatic heterocycles. The Morgan fingerprint density at radius 3 is 2.63 bits per heavy atom. The fourth-order valence-corrected chi connectivity index (χ4v) is 1.95. The Morgan fingerprint density at radius 1 is 1.42 bits per heavy atom. The summed E-state index contributed by atoms with van der Waals surface area (Å²) >= 11 is 0. The predicted octanol–water partition coefficient (Wildman–Crippen LogP) is 2.46. The minimum atomic E-state index is -0.506. The van der Waals surface area contributed by atoms with Crippen molar-refractivity contribution in [2.75, 3.05) is 0 Å².